The van der Waals surface area contributed by atoms with E-state index in [2.05, 4.69) is 27.2 Å². The van der Waals surface area contributed by atoms with Gasteiger partial charge in [-0.1, -0.05) is 6.92 Å². The third-order valence-electron chi connectivity index (χ3n) is 1.65. The van der Waals surface area contributed by atoms with Gasteiger partial charge < -0.3 is 14.8 Å². The summed E-state index contributed by atoms with van der Waals surface area (Å²) in [6, 6.07) is 0.532. The van der Waals surface area contributed by atoms with Crippen LogP contribution in [0.1, 0.15) is 27.2 Å². The Balaban J connectivity index is 2.82. The van der Waals surface area contributed by atoms with Gasteiger partial charge in [-0.15, -0.1) is 4.98 Å². The summed E-state index contributed by atoms with van der Waals surface area (Å²) in [6.07, 6.45) is 1.01. The molecule has 0 fully saturated rings. The van der Waals surface area contributed by atoms with Gasteiger partial charge in [0.2, 0.25) is 5.95 Å². The Labute approximate surface area is 95.4 Å². The fraction of sp³-hybridized carbons (Fsp3) is 0.700. The first-order chi connectivity index (χ1) is 7.65. The van der Waals surface area contributed by atoms with Gasteiger partial charge in [-0.3, -0.25) is 0 Å². The van der Waals surface area contributed by atoms with Crippen LogP contribution in [-0.4, -0.2) is 34.7 Å². The molecule has 6 heteroatoms. The van der Waals surface area contributed by atoms with Crippen LogP contribution in [0, 0.1) is 0 Å². The van der Waals surface area contributed by atoms with Gasteiger partial charge in [0.1, 0.15) is 0 Å². The summed E-state index contributed by atoms with van der Waals surface area (Å²) < 4.78 is 10.4. The van der Waals surface area contributed by atoms with Gasteiger partial charge >= 0.3 is 12.0 Å². The lowest BCUT2D eigenvalue weighted by Crippen LogP contribution is -2.12. The summed E-state index contributed by atoms with van der Waals surface area (Å²) in [6.45, 7) is 6.69. The fourth-order valence-electron chi connectivity index (χ4n) is 1.01. The molecule has 0 radical (unpaired) electrons. The zero-order chi connectivity index (χ0) is 12.0. The summed E-state index contributed by atoms with van der Waals surface area (Å²) in [5.74, 6) is 0.476. The lowest BCUT2D eigenvalue weighted by molar-refractivity contribution is 0.217. The maximum atomic E-state index is 5.40. The number of methoxy groups -OCH3 is 1. The third kappa shape index (κ3) is 3.88. The zero-order valence-electron chi connectivity index (χ0n) is 10.1. The van der Waals surface area contributed by atoms with Crippen LogP contribution in [0.25, 0.3) is 0 Å². The Morgan fingerprint density at radius 3 is 2.44 bits per heavy atom. The highest BCUT2D eigenvalue weighted by Crippen LogP contribution is 2.13. The molecule has 6 nitrogen and oxygen atoms in total. The molecule has 0 aliphatic carbocycles. The molecule has 0 bridgehead atoms. The van der Waals surface area contributed by atoms with Crippen molar-refractivity contribution >= 4 is 5.95 Å². The molecule has 1 N–H and O–H groups in total. The van der Waals surface area contributed by atoms with E-state index in [1.807, 2.05) is 13.8 Å². The maximum absolute atomic E-state index is 5.40. The van der Waals surface area contributed by atoms with Crippen molar-refractivity contribution in [1.82, 2.24) is 15.0 Å². The predicted octanol–water partition coefficient (Wildman–Crippen LogP) is 1.49. The quantitative estimate of drug-likeness (QED) is 0.792. The fourth-order valence-corrected chi connectivity index (χ4v) is 1.01. The Morgan fingerprint density at radius 2 is 1.88 bits per heavy atom. The van der Waals surface area contributed by atoms with Gasteiger partial charge in [-0.25, -0.2) is 0 Å². The van der Waals surface area contributed by atoms with E-state index in [9.17, 15) is 0 Å². The largest absolute Gasteiger partial charge is 0.467 e. The second-order valence-corrected chi connectivity index (χ2v) is 3.52. The molecule has 0 aromatic carbocycles. The summed E-state index contributed by atoms with van der Waals surface area (Å²) in [5, 5.41) is 3.06. The van der Waals surface area contributed by atoms with E-state index in [1.165, 1.54) is 7.11 Å². The number of hydrogen-bond donors (Lipinski definition) is 1. The standard InChI is InChI=1S/C10H18N4O2/c1-5-6-11-8-12-9(15-4)14-10(13-8)16-7(2)3/h7H,5-6H2,1-4H3,(H,11,12,13,14). The molecule has 0 amide bonds. The molecular weight excluding hydrogens is 208 g/mol. The number of hydrogen-bond acceptors (Lipinski definition) is 6. The number of aromatic nitrogens is 3. The molecule has 1 aromatic heterocycles. The molecule has 0 atom stereocenters. The van der Waals surface area contributed by atoms with E-state index in [-0.39, 0.29) is 18.1 Å². The molecular formula is C10H18N4O2. The minimum Gasteiger partial charge on any atom is -0.467 e. The predicted molar refractivity (Wildman–Crippen MR) is 60.9 cm³/mol. The van der Waals surface area contributed by atoms with E-state index in [4.69, 9.17) is 9.47 Å². The second-order valence-electron chi connectivity index (χ2n) is 3.52. The van der Waals surface area contributed by atoms with Crippen LogP contribution in [-0.2, 0) is 0 Å². The van der Waals surface area contributed by atoms with Crippen LogP contribution in [0.3, 0.4) is 0 Å². The number of nitrogens with zero attached hydrogens (tertiary/aromatic N) is 3. The molecule has 1 aromatic rings. The number of ether oxygens (including phenoxy) is 2. The average molecular weight is 226 g/mol. The van der Waals surface area contributed by atoms with Crippen molar-refractivity contribution in [3.8, 4) is 12.0 Å². The molecule has 0 aliphatic heterocycles. The van der Waals surface area contributed by atoms with Crippen LogP contribution in [0.5, 0.6) is 12.0 Å². The topological polar surface area (TPSA) is 69.2 Å². The van der Waals surface area contributed by atoms with Crippen LogP contribution in [0.4, 0.5) is 5.95 Å². The average Bonchev–Trinajstić information content (AvgIpc) is 2.25. The van der Waals surface area contributed by atoms with Crippen molar-refractivity contribution in [2.24, 2.45) is 0 Å². The highest BCUT2D eigenvalue weighted by molar-refractivity contribution is 5.27. The SMILES string of the molecule is CCCNc1nc(OC)nc(OC(C)C)n1. The monoisotopic (exact) mass is 226 g/mol. The Bertz CT molecular complexity index is 331. The van der Waals surface area contributed by atoms with Crippen molar-refractivity contribution in [2.75, 3.05) is 19.0 Å². The first-order valence-corrected chi connectivity index (χ1v) is 5.36. The first-order valence-electron chi connectivity index (χ1n) is 5.36. The Kier molecular flexibility index (Phi) is 4.75. The lowest BCUT2D eigenvalue weighted by atomic mass is 10.5. The summed E-state index contributed by atoms with van der Waals surface area (Å²) in [7, 11) is 1.51. The Hall–Kier alpha value is -1.59. The molecule has 0 saturated carbocycles. The number of rotatable bonds is 6. The smallest absolute Gasteiger partial charge is 0.324 e. The molecule has 16 heavy (non-hydrogen) atoms. The van der Waals surface area contributed by atoms with Gasteiger partial charge in [0.05, 0.1) is 13.2 Å². The number of nitrogens with one attached hydrogen (secondary N) is 1. The molecule has 1 heterocycles. The molecule has 0 saturated heterocycles. The van der Waals surface area contributed by atoms with Crippen molar-refractivity contribution < 1.29 is 9.47 Å². The van der Waals surface area contributed by atoms with E-state index >= 15 is 0 Å². The minimum atomic E-state index is 0.0196. The summed E-state index contributed by atoms with van der Waals surface area (Å²) in [4.78, 5) is 12.2. The van der Waals surface area contributed by atoms with Gasteiger partial charge in [-0.2, -0.15) is 9.97 Å². The Morgan fingerprint density at radius 1 is 1.19 bits per heavy atom. The normalized spacial score (nSPS) is 10.3. The van der Waals surface area contributed by atoms with Crippen molar-refractivity contribution in [1.29, 1.82) is 0 Å². The van der Waals surface area contributed by atoms with Gasteiger partial charge in [0, 0.05) is 6.54 Å². The van der Waals surface area contributed by atoms with Crippen molar-refractivity contribution in [3.05, 3.63) is 0 Å². The lowest BCUT2D eigenvalue weighted by Gasteiger charge is -2.10. The third-order valence-corrected chi connectivity index (χ3v) is 1.65. The maximum Gasteiger partial charge on any atom is 0.324 e. The van der Waals surface area contributed by atoms with Crippen molar-refractivity contribution in [2.45, 2.75) is 33.3 Å². The number of anilines is 1. The minimum absolute atomic E-state index is 0.0196. The van der Waals surface area contributed by atoms with E-state index in [0.717, 1.165) is 13.0 Å². The highest BCUT2D eigenvalue weighted by Gasteiger charge is 2.08. The summed E-state index contributed by atoms with van der Waals surface area (Å²) >= 11 is 0. The summed E-state index contributed by atoms with van der Waals surface area (Å²) in [5.41, 5.74) is 0. The highest BCUT2D eigenvalue weighted by atomic mass is 16.5. The zero-order valence-corrected chi connectivity index (χ0v) is 10.1. The van der Waals surface area contributed by atoms with Crippen molar-refractivity contribution in [3.63, 3.8) is 0 Å². The molecule has 0 spiro atoms. The van der Waals surface area contributed by atoms with Crippen LogP contribution in [0.2, 0.25) is 0 Å². The van der Waals surface area contributed by atoms with E-state index in [1.54, 1.807) is 0 Å². The van der Waals surface area contributed by atoms with E-state index < -0.39 is 0 Å². The van der Waals surface area contributed by atoms with Crippen LogP contribution < -0.4 is 14.8 Å². The van der Waals surface area contributed by atoms with Crippen LogP contribution >= 0.6 is 0 Å². The molecule has 90 valence electrons. The van der Waals surface area contributed by atoms with Gasteiger partial charge in [0.25, 0.3) is 0 Å². The van der Waals surface area contributed by atoms with Gasteiger partial charge in [-0.05, 0) is 20.3 Å². The second kappa shape index (κ2) is 6.09. The van der Waals surface area contributed by atoms with Crippen LogP contribution in [0.15, 0.2) is 0 Å². The molecule has 0 aliphatic rings. The van der Waals surface area contributed by atoms with E-state index in [0.29, 0.717) is 5.95 Å². The molecule has 0 unspecified atom stereocenters. The first kappa shape index (κ1) is 12.5. The molecule has 1 rings (SSSR count). The van der Waals surface area contributed by atoms with Gasteiger partial charge in [0.15, 0.2) is 0 Å².